The van der Waals surface area contributed by atoms with Crippen LogP contribution in [0.15, 0.2) is 24.3 Å². The van der Waals surface area contributed by atoms with Crippen LogP contribution in [0.3, 0.4) is 0 Å². The number of benzene rings is 1. The number of nitrogens with zero attached hydrogens (tertiary/aromatic N) is 3. The van der Waals surface area contributed by atoms with Gasteiger partial charge < -0.3 is 14.6 Å². The van der Waals surface area contributed by atoms with Gasteiger partial charge in [0.1, 0.15) is 0 Å². The summed E-state index contributed by atoms with van der Waals surface area (Å²) in [5, 5.41) is 10.6. The van der Waals surface area contributed by atoms with Gasteiger partial charge in [0.05, 0.1) is 19.3 Å². The van der Waals surface area contributed by atoms with Crippen LogP contribution in [0.4, 0.5) is 0 Å². The van der Waals surface area contributed by atoms with Crippen LogP contribution in [0.5, 0.6) is 0 Å². The molecule has 2 N–H and O–H groups in total. The average molecular weight is 418 g/mol. The standard InChI is InChI=1S/C21H31N5O2S/c1-15(2)14-18(22-20(27)17-7-5-4-6-16(17)3)19-23-24-21(29)26(19)9-8-25-10-12-28-13-11-25/h4-7,15,18H,8-14H2,1-3H3,(H,22,27)(H,24,29)/t18-/m1/s1. The zero-order chi connectivity index (χ0) is 20.8. The third kappa shape index (κ3) is 5.74. The molecule has 0 aliphatic carbocycles. The number of aryl methyl sites for hydroxylation is 1. The van der Waals surface area contributed by atoms with Gasteiger partial charge in [0.15, 0.2) is 10.6 Å². The predicted octanol–water partition coefficient (Wildman–Crippen LogP) is 3.10. The van der Waals surface area contributed by atoms with Gasteiger partial charge in [0, 0.05) is 31.7 Å². The minimum Gasteiger partial charge on any atom is -0.379 e. The zero-order valence-electron chi connectivity index (χ0n) is 17.5. The highest BCUT2D eigenvalue weighted by molar-refractivity contribution is 7.71. The third-order valence-electron chi connectivity index (χ3n) is 5.25. The summed E-state index contributed by atoms with van der Waals surface area (Å²) < 4.78 is 8.04. The van der Waals surface area contributed by atoms with Gasteiger partial charge in [-0.1, -0.05) is 32.0 Å². The number of H-pyrrole nitrogens is 1. The predicted molar refractivity (Wildman–Crippen MR) is 116 cm³/mol. The molecule has 29 heavy (non-hydrogen) atoms. The number of aromatic nitrogens is 3. The van der Waals surface area contributed by atoms with Gasteiger partial charge in [0.2, 0.25) is 0 Å². The molecule has 1 atom stereocenters. The Morgan fingerprint density at radius 2 is 2.00 bits per heavy atom. The summed E-state index contributed by atoms with van der Waals surface area (Å²) in [6.07, 6.45) is 0.787. The highest BCUT2D eigenvalue weighted by Crippen LogP contribution is 2.21. The van der Waals surface area contributed by atoms with Gasteiger partial charge in [-0.3, -0.25) is 14.8 Å². The SMILES string of the molecule is Cc1ccccc1C(=O)N[C@H](CC(C)C)c1n[nH]c(=S)n1CCN1CCOCC1. The highest BCUT2D eigenvalue weighted by atomic mass is 32.1. The minimum atomic E-state index is -0.209. The second-order valence-corrected chi connectivity index (χ2v) is 8.35. The number of ether oxygens (including phenoxy) is 1. The van der Waals surface area contributed by atoms with Crippen molar-refractivity contribution in [1.82, 2.24) is 25.0 Å². The summed E-state index contributed by atoms with van der Waals surface area (Å²) in [7, 11) is 0. The highest BCUT2D eigenvalue weighted by Gasteiger charge is 2.23. The molecule has 0 spiro atoms. The molecule has 0 saturated carbocycles. The Bertz CT molecular complexity index is 870. The van der Waals surface area contributed by atoms with Crippen LogP contribution in [-0.4, -0.2) is 58.4 Å². The number of carbonyl (C=O) groups excluding carboxylic acids is 1. The molecule has 1 saturated heterocycles. The molecule has 1 aliphatic rings. The van der Waals surface area contributed by atoms with E-state index in [2.05, 4.69) is 34.3 Å². The number of aromatic amines is 1. The van der Waals surface area contributed by atoms with Crippen LogP contribution < -0.4 is 5.32 Å². The van der Waals surface area contributed by atoms with Crippen molar-refractivity contribution in [2.75, 3.05) is 32.8 Å². The lowest BCUT2D eigenvalue weighted by molar-refractivity contribution is 0.0361. The van der Waals surface area contributed by atoms with Crippen LogP contribution in [0, 0.1) is 17.6 Å². The van der Waals surface area contributed by atoms with Crippen molar-refractivity contribution in [3.63, 3.8) is 0 Å². The molecule has 2 aromatic rings. The Balaban J connectivity index is 1.78. The first-order chi connectivity index (χ1) is 14.0. The van der Waals surface area contributed by atoms with E-state index in [1.54, 1.807) is 0 Å². The fraction of sp³-hybridized carbons (Fsp3) is 0.571. The smallest absolute Gasteiger partial charge is 0.252 e. The Morgan fingerprint density at radius 3 is 2.69 bits per heavy atom. The van der Waals surface area contributed by atoms with Crippen molar-refractivity contribution >= 4 is 18.1 Å². The second kappa shape index (κ2) is 10.1. The van der Waals surface area contributed by atoms with Crippen molar-refractivity contribution in [3.8, 4) is 0 Å². The fourth-order valence-electron chi connectivity index (χ4n) is 3.64. The van der Waals surface area contributed by atoms with Gasteiger partial charge in [0.25, 0.3) is 5.91 Å². The van der Waals surface area contributed by atoms with E-state index >= 15 is 0 Å². The summed E-state index contributed by atoms with van der Waals surface area (Å²) >= 11 is 5.49. The molecule has 1 aromatic carbocycles. The minimum absolute atomic E-state index is 0.0811. The lowest BCUT2D eigenvalue weighted by atomic mass is 10.0. The molecule has 3 rings (SSSR count). The van der Waals surface area contributed by atoms with E-state index in [9.17, 15) is 4.79 Å². The second-order valence-electron chi connectivity index (χ2n) is 7.96. The van der Waals surface area contributed by atoms with Gasteiger partial charge in [-0.15, -0.1) is 0 Å². The third-order valence-corrected chi connectivity index (χ3v) is 5.56. The summed E-state index contributed by atoms with van der Waals surface area (Å²) in [4.78, 5) is 15.3. The molecule has 0 radical (unpaired) electrons. The molecule has 1 fully saturated rings. The monoisotopic (exact) mass is 417 g/mol. The van der Waals surface area contributed by atoms with E-state index in [0.29, 0.717) is 16.3 Å². The number of amides is 1. The first kappa shape index (κ1) is 21.7. The number of hydrogen-bond acceptors (Lipinski definition) is 5. The lowest BCUT2D eigenvalue weighted by Crippen LogP contribution is -2.38. The molecule has 2 heterocycles. The summed E-state index contributed by atoms with van der Waals surface area (Å²) in [5.41, 5.74) is 1.65. The Kier molecular flexibility index (Phi) is 7.57. The maximum atomic E-state index is 12.9. The lowest BCUT2D eigenvalue weighted by Gasteiger charge is -2.27. The van der Waals surface area contributed by atoms with E-state index in [1.165, 1.54) is 0 Å². The largest absolute Gasteiger partial charge is 0.379 e. The van der Waals surface area contributed by atoms with Gasteiger partial charge >= 0.3 is 0 Å². The van der Waals surface area contributed by atoms with Crippen LogP contribution in [-0.2, 0) is 11.3 Å². The molecular weight excluding hydrogens is 386 g/mol. The Labute approximate surface area is 177 Å². The van der Waals surface area contributed by atoms with Crippen LogP contribution in [0.1, 0.15) is 48.1 Å². The van der Waals surface area contributed by atoms with E-state index in [4.69, 9.17) is 17.0 Å². The van der Waals surface area contributed by atoms with E-state index in [0.717, 1.165) is 57.2 Å². The molecular formula is C21H31N5O2S. The van der Waals surface area contributed by atoms with E-state index in [1.807, 2.05) is 35.8 Å². The molecule has 0 bridgehead atoms. The molecule has 0 unspecified atom stereocenters. The molecule has 1 aliphatic heterocycles. The van der Waals surface area contributed by atoms with Crippen LogP contribution in [0.25, 0.3) is 0 Å². The molecule has 8 heteroatoms. The quantitative estimate of drug-likeness (QED) is 0.646. The van der Waals surface area contributed by atoms with Crippen molar-refractivity contribution in [2.45, 2.75) is 39.8 Å². The molecule has 158 valence electrons. The van der Waals surface area contributed by atoms with Crippen LogP contribution >= 0.6 is 12.2 Å². The molecule has 1 amide bonds. The first-order valence-electron chi connectivity index (χ1n) is 10.3. The number of nitrogens with one attached hydrogen (secondary N) is 2. The van der Waals surface area contributed by atoms with Gasteiger partial charge in [-0.05, 0) is 43.1 Å². The zero-order valence-corrected chi connectivity index (χ0v) is 18.3. The van der Waals surface area contributed by atoms with E-state index < -0.39 is 0 Å². The van der Waals surface area contributed by atoms with Crippen molar-refractivity contribution in [1.29, 1.82) is 0 Å². The van der Waals surface area contributed by atoms with Gasteiger partial charge in [-0.2, -0.15) is 5.10 Å². The average Bonchev–Trinajstić information content (AvgIpc) is 3.07. The maximum Gasteiger partial charge on any atom is 0.252 e. The number of rotatable bonds is 8. The normalized spacial score (nSPS) is 16.1. The molecule has 1 aromatic heterocycles. The summed E-state index contributed by atoms with van der Waals surface area (Å²) in [6.45, 7) is 11.3. The number of morpholine rings is 1. The fourth-order valence-corrected chi connectivity index (χ4v) is 3.87. The summed E-state index contributed by atoms with van der Waals surface area (Å²) in [5.74, 6) is 1.11. The van der Waals surface area contributed by atoms with E-state index in [-0.39, 0.29) is 11.9 Å². The summed E-state index contributed by atoms with van der Waals surface area (Å²) in [6, 6.07) is 7.42. The van der Waals surface area contributed by atoms with Crippen molar-refractivity contribution in [3.05, 3.63) is 46.0 Å². The van der Waals surface area contributed by atoms with Crippen LogP contribution in [0.2, 0.25) is 0 Å². The number of hydrogen-bond donors (Lipinski definition) is 2. The van der Waals surface area contributed by atoms with Gasteiger partial charge in [-0.25, -0.2) is 0 Å². The molecule has 7 nitrogen and oxygen atoms in total. The maximum absolute atomic E-state index is 12.9. The Hall–Kier alpha value is -2.03. The topological polar surface area (TPSA) is 75.2 Å². The Morgan fingerprint density at radius 1 is 1.28 bits per heavy atom. The van der Waals surface area contributed by atoms with Crippen molar-refractivity contribution in [2.24, 2.45) is 5.92 Å². The number of carbonyl (C=O) groups is 1. The first-order valence-corrected chi connectivity index (χ1v) is 10.7. The van der Waals surface area contributed by atoms with Crippen molar-refractivity contribution < 1.29 is 9.53 Å².